The Hall–Kier alpha value is -1.97. The first-order valence-electron chi connectivity index (χ1n) is 4.31. The van der Waals surface area contributed by atoms with Crippen molar-refractivity contribution < 1.29 is 19.4 Å². The third-order valence-corrected chi connectivity index (χ3v) is 1.76. The van der Waals surface area contributed by atoms with E-state index in [2.05, 4.69) is 6.58 Å². The molecule has 0 saturated carbocycles. The third kappa shape index (κ3) is 3.34. The molecule has 15 heavy (non-hydrogen) atoms. The second-order valence-corrected chi connectivity index (χ2v) is 2.88. The summed E-state index contributed by atoms with van der Waals surface area (Å²) in [6, 6.07) is 6.93. The summed E-state index contributed by atoms with van der Waals surface area (Å²) in [5.74, 6) is 0.156. The number of rotatable bonds is 5. The van der Waals surface area contributed by atoms with Crippen LogP contribution in [0.4, 0.5) is 0 Å². The average molecular weight is 208 g/mol. The Labute approximate surface area is 87.7 Å². The van der Waals surface area contributed by atoms with Crippen molar-refractivity contribution in [3.05, 3.63) is 36.4 Å². The highest BCUT2D eigenvalue weighted by molar-refractivity contribution is 5.86. The first-order chi connectivity index (χ1) is 7.13. The Morgan fingerprint density at radius 2 is 2.13 bits per heavy atom. The highest BCUT2D eigenvalue weighted by Gasteiger charge is 2.04. The van der Waals surface area contributed by atoms with Gasteiger partial charge in [-0.3, -0.25) is 0 Å². The molecule has 1 aromatic carbocycles. The van der Waals surface area contributed by atoms with Gasteiger partial charge in [-0.25, -0.2) is 4.79 Å². The first kappa shape index (κ1) is 11.1. The molecule has 0 amide bonds. The Kier molecular flexibility index (Phi) is 3.74. The topological polar surface area (TPSA) is 55.8 Å². The summed E-state index contributed by atoms with van der Waals surface area (Å²) in [6.07, 6.45) is 0. The maximum atomic E-state index is 10.4. The summed E-state index contributed by atoms with van der Waals surface area (Å²) in [7, 11) is 1.55. The lowest BCUT2D eigenvalue weighted by Gasteiger charge is -2.07. The molecule has 0 spiro atoms. The number of ether oxygens (including phenoxy) is 2. The summed E-state index contributed by atoms with van der Waals surface area (Å²) < 4.78 is 10.2. The number of benzene rings is 1. The van der Waals surface area contributed by atoms with Crippen LogP contribution < -0.4 is 9.47 Å². The second-order valence-electron chi connectivity index (χ2n) is 2.88. The maximum absolute atomic E-state index is 10.4. The number of hydrogen-bond donors (Lipinski definition) is 1. The molecule has 0 radical (unpaired) electrons. The molecule has 0 bridgehead atoms. The highest BCUT2D eigenvalue weighted by Crippen LogP contribution is 2.19. The van der Waals surface area contributed by atoms with E-state index in [0.717, 1.165) is 0 Å². The quantitative estimate of drug-likeness (QED) is 0.748. The lowest BCUT2D eigenvalue weighted by molar-refractivity contribution is -0.133. The Morgan fingerprint density at radius 1 is 1.47 bits per heavy atom. The summed E-state index contributed by atoms with van der Waals surface area (Å²) in [4.78, 5) is 10.4. The van der Waals surface area contributed by atoms with Gasteiger partial charge in [-0.1, -0.05) is 12.6 Å². The molecular formula is C11H12O4. The van der Waals surface area contributed by atoms with Crippen LogP contribution in [0, 0.1) is 0 Å². The fourth-order valence-corrected chi connectivity index (χ4v) is 0.923. The Bertz CT molecular complexity index is 371. The van der Waals surface area contributed by atoms with Gasteiger partial charge in [0.2, 0.25) is 0 Å². The predicted molar refractivity (Wildman–Crippen MR) is 55.3 cm³/mol. The fraction of sp³-hybridized carbons (Fsp3) is 0.182. The lowest BCUT2D eigenvalue weighted by Crippen LogP contribution is -2.08. The number of hydrogen-bond acceptors (Lipinski definition) is 3. The van der Waals surface area contributed by atoms with Crippen molar-refractivity contribution in [2.45, 2.75) is 0 Å². The monoisotopic (exact) mass is 208 g/mol. The molecule has 80 valence electrons. The van der Waals surface area contributed by atoms with E-state index in [4.69, 9.17) is 14.6 Å². The minimum absolute atomic E-state index is 0.0119. The van der Waals surface area contributed by atoms with Crippen LogP contribution in [-0.2, 0) is 4.79 Å². The zero-order valence-electron chi connectivity index (χ0n) is 8.40. The van der Waals surface area contributed by atoms with Gasteiger partial charge in [-0.05, 0) is 12.1 Å². The normalized spacial score (nSPS) is 9.40. The SMILES string of the molecule is C=C(COc1cccc(OC)c1)C(=O)O. The van der Waals surface area contributed by atoms with Gasteiger partial charge in [-0.2, -0.15) is 0 Å². The molecule has 0 aliphatic heterocycles. The van der Waals surface area contributed by atoms with Gasteiger partial charge in [-0.15, -0.1) is 0 Å². The zero-order chi connectivity index (χ0) is 11.3. The molecule has 0 saturated heterocycles. The molecular weight excluding hydrogens is 196 g/mol. The smallest absolute Gasteiger partial charge is 0.334 e. The van der Waals surface area contributed by atoms with E-state index in [1.807, 2.05) is 0 Å². The van der Waals surface area contributed by atoms with Crippen LogP contribution in [0.5, 0.6) is 11.5 Å². The minimum atomic E-state index is -1.06. The van der Waals surface area contributed by atoms with Crippen LogP contribution in [0.25, 0.3) is 0 Å². The molecule has 0 heterocycles. The zero-order valence-corrected chi connectivity index (χ0v) is 8.40. The molecule has 0 unspecified atom stereocenters. The van der Waals surface area contributed by atoms with Crippen LogP contribution in [-0.4, -0.2) is 24.8 Å². The number of carboxylic acids is 1. The van der Waals surface area contributed by atoms with Crippen molar-refractivity contribution in [2.75, 3.05) is 13.7 Å². The molecule has 0 aromatic heterocycles. The average Bonchev–Trinajstić information content (AvgIpc) is 2.26. The van der Waals surface area contributed by atoms with Gasteiger partial charge >= 0.3 is 5.97 Å². The fourth-order valence-electron chi connectivity index (χ4n) is 0.923. The van der Waals surface area contributed by atoms with E-state index < -0.39 is 5.97 Å². The van der Waals surface area contributed by atoms with Crippen molar-refractivity contribution in [1.82, 2.24) is 0 Å². The van der Waals surface area contributed by atoms with E-state index in [1.165, 1.54) is 0 Å². The molecule has 4 nitrogen and oxygen atoms in total. The number of methoxy groups -OCH3 is 1. The lowest BCUT2D eigenvalue weighted by atomic mass is 10.3. The van der Waals surface area contributed by atoms with Crippen molar-refractivity contribution >= 4 is 5.97 Å². The van der Waals surface area contributed by atoms with Gasteiger partial charge in [0, 0.05) is 6.07 Å². The predicted octanol–water partition coefficient (Wildman–Crippen LogP) is 1.71. The molecule has 4 heteroatoms. The van der Waals surface area contributed by atoms with Crippen molar-refractivity contribution in [2.24, 2.45) is 0 Å². The number of carboxylic acid groups (broad SMARTS) is 1. The van der Waals surface area contributed by atoms with Crippen LogP contribution in [0.3, 0.4) is 0 Å². The molecule has 0 atom stereocenters. The van der Waals surface area contributed by atoms with E-state index in [9.17, 15) is 4.79 Å². The number of aliphatic carboxylic acids is 1. The molecule has 0 fully saturated rings. The van der Waals surface area contributed by atoms with Crippen molar-refractivity contribution in [1.29, 1.82) is 0 Å². The standard InChI is InChI=1S/C11H12O4/c1-8(11(12)13)7-15-10-5-3-4-9(6-10)14-2/h3-6H,1,7H2,2H3,(H,12,13). The van der Waals surface area contributed by atoms with E-state index >= 15 is 0 Å². The number of carbonyl (C=O) groups is 1. The summed E-state index contributed by atoms with van der Waals surface area (Å²) in [5.41, 5.74) is 0.0119. The molecule has 1 rings (SSSR count). The van der Waals surface area contributed by atoms with Crippen LogP contribution in [0.2, 0.25) is 0 Å². The van der Waals surface area contributed by atoms with Crippen molar-refractivity contribution in [3.63, 3.8) is 0 Å². The maximum Gasteiger partial charge on any atom is 0.334 e. The van der Waals surface area contributed by atoms with E-state index in [0.29, 0.717) is 11.5 Å². The molecule has 1 N–H and O–H groups in total. The molecule has 0 aliphatic carbocycles. The third-order valence-electron chi connectivity index (χ3n) is 1.76. The van der Waals surface area contributed by atoms with Gasteiger partial charge in [0.15, 0.2) is 0 Å². The van der Waals surface area contributed by atoms with Gasteiger partial charge in [0.05, 0.1) is 12.7 Å². The van der Waals surface area contributed by atoms with E-state index in [1.54, 1.807) is 31.4 Å². The van der Waals surface area contributed by atoms with Crippen LogP contribution in [0.15, 0.2) is 36.4 Å². The highest BCUT2D eigenvalue weighted by atomic mass is 16.5. The largest absolute Gasteiger partial charge is 0.497 e. The van der Waals surface area contributed by atoms with Crippen molar-refractivity contribution in [3.8, 4) is 11.5 Å². The summed E-state index contributed by atoms with van der Waals surface area (Å²) in [5, 5.41) is 8.56. The molecule has 1 aromatic rings. The van der Waals surface area contributed by atoms with Gasteiger partial charge in [0.1, 0.15) is 18.1 Å². The first-order valence-corrected chi connectivity index (χ1v) is 4.31. The minimum Gasteiger partial charge on any atom is -0.497 e. The Balaban J connectivity index is 2.57. The van der Waals surface area contributed by atoms with Gasteiger partial charge < -0.3 is 14.6 Å². The second kappa shape index (κ2) is 5.05. The Morgan fingerprint density at radius 3 is 2.73 bits per heavy atom. The molecule has 0 aliphatic rings. The summed E-state index contributed by atoms with van der Waals surface area (Å²) in [6.45, 7) is 3.32. The van der Waals surface area contributed by atoms with Crippen LogP contribution in [0.1, 0.15) is 0 Å². The van der Waals surface area contributed by atoms with E-state index in [-0.39, 0.29) is 12.2 Å². The van der Waals surface area contributed by atoms with Gasteiger partial charge in [0.25, 0.3) is 0 Å². The van der Waals surface area contributed by atoms with Crippen LogP contribution >= 0.6 is 0 Å². The summed E-state index contributed by atoms with van der Waals surface area (Å²) >= 11 is 0.